The minimum atomic E-state index is -0.461. The van der Waals surface area contributed by atoms with Crippen LogP contribution in [0, 0.1) is 10.1 Å². The number of aromatic nitrogens is 1. The van der Waals surface area contributed by atoms with Gasteiger partial charge in [-0.15, -0.1) is 0 Å². The second-order valence-corrected chi connectivity index (χ2v) is 5.00. The molecule has 104 valence electrons. The monoisotopic (exact) mass is 267 g/mol. The summed E-state index contributed by atoms with van der Waals surface area (Å²) in [7, 11) is 0. The molecular weight excluding hydrogens is 250 g/mol. The van der Waals surface area contributed by atoms with Gasteiger partial charge >= 0.3 is 0 Å². The Kier molecular flexibility index (Phi) is 3.54. The molecule has 8 heteroatoms. The van der Waals surface area contributed by atoms with E-state index in [1.54, 1.807) is 0 Å². The van der Waals surface area contributed by atoms with Crippen LogP contribution < -0.4 is 16.2 Å². The zero-order valence-electron chi connectivity index (χ0n) is 10.9. The number of hydrogen-bond acceptors (Lipinski definition) is 7. The lowest BCUT2D eigenvalue weighted by Gasteiger charge is -2.38. The predicted octanol–water partition coefficient (Wildman–Crippen LogP) is 0.891. The van der Waals surface area contributed by atoms with E-state index in [1.807, 2.05) is 18.7 Å². The lowest BCUT2D eigenvalue weighted by atomic mass is 10.1. The van der Waals surface area contributed by atoms with Crippen molar-refractivity contribution in [1.82, 2.24) is 4.98 Å². The molecular formula is C11H17N5O3. The van der Waals surface area contributed by atoms with Gasteiger partial charge in [0.15, 0.2) is 0 Å². The van der Waals surface area contributed by atoms with Gasteiger partial charge in [-0.2, -0.15) is 0 Å². The van der Waals surface area contributed by atoms with Crippen LogP contribution in [0.1, 0.15) is 13.8 Å². The van der Waals surface area contributed by atoms with Gasteiger partial charge in [0, 0.05) is 13.1 Å². The van der Waals surface area contributed by atoms with Gasteiger partial charge in [-0.25, -0.2) is 10.8 Å². The van der Waals surface area contributed by atoms with E-state index in [0.29, 0.717) is 25.5 Å². The zero-order chi connectivity index (χ0) is 14.0. The van der Waals surface area contributed by atoms with Gasteiger partial charge in [-0.3, -0.25) is 10.1 Å². The zero-order valence-corrected chi connectivity index (χ0v) is 10.9. The van der Waals surface area contributed by atoms with E-state index in [4.69, 9.17) is 10.6 Å². The van der Waals surface area contributed by atoms with Crippen molar-refractivity contribution in [1.29, 1.82) is 0 Å². The molecule has 2 heterocycles. The quantitative estimate of drug-likeness (QED) is 0.475. The maximum Gasteiger partial charge on any atom is 0.276 e. The number of morpholine rings is 1. The van der Waals surface area contributed by atoms with E-state index in [-0.39, 0.29) is 17.1 Å². The van der Waals surface area contributed by atoms with E-state index >= 15 is 0 Å². The summed E-state index contributed by atoms with van der Waals surface area (Å²) < 4.78 is 5.61. The number of hydrazine groups is 1. The molecule has 0 bridgehead atoms. The maximum absolute atomic E-state index is 10.9. The summed E-state index contributed by atoms with van der Waals surface area (Å²) in [4.78, 5) is 16.6. The average molecular weight is 267 g/mol. The first-order chi connectivity index (χ1) is 8.91. The van der Waals surface area contributed by atoms with Crippen LogP contribution in [0.3, 0.4) is 0 Å². The van der Waals surface area contributed by atoms with Gasteiger partial charge in [0.1, 0.15) is 11.6 Å². The third-order valence-corrected chi connectivity index (χ3v) is 2.90. The standard InChI is InChI=1S/C11H17N5O3/c1-11(2)7-15(3-4-19-11)10-6-8(16(17)18)5-9(13-10)14-12/h5-6H,3-4,7,12H2,1-2H3,(H,13,14). The fraction of sp³-hybridized carbons (Fsp3) is 0.545. The summed E-state index contributed by atoms with van der Waals surface area (Å²) in [6.45, 7) is 5.76. The van der Waals surface area contributed by atoms with E-state index in [9.17, 15) is 10.1 Å². The molecule has 3 N–H and O–H groups in total. The largest absolute Gasteiger partial charge is 0.372 e. The van der Waals surface area contributed by atoms with Gasteiger partial charge in [-0.1, -0.05) is 0 Å². The number of nitrogens with two attached hydrogens (primary N) is 1. The van der Waals surface area contributed by atoms with Gasteiger partial charge < -0.3 is 15.1 Å². The number of rotatable bonds is 3. The number of nitrogens with one attached hydrogen (secondary N) is 1. The van der Waals surface area contributed by atoms with E-state index < -0.39 is 4.92 Å². The van der Waals surface area contributed by atoms with Crippen LogP contribution in [-0.2, 0) is 4.74 Å². The molecule has 0 aliphatic carbocycles. The summed E-state index contributed by atoms with van der Waals surface area (Å²) in [5, 5.41) is 10.9. The summed E-state index contributed by atoms with van der Waals surface area (Å²) in [5.74, 6) is 6.09. The Hall–Kier alpha value is -1.93. The molecule has 1 aliphatic heterocycles. The summed E-state index contributed by atoms with van der Waals surface area (Å²) in [5.41, 5.74) is 2.00. The molecule has 1 aromatic rings. The third-order valence-electron chi connectivity index (χ3n) is 2.90. The van der Waals surface area contributed by atoms with Crippen molar-refractivity contribution in [3.8, 4) is 0 Å². The highest BCUT2D eigenvalue weighted by Gasteiger charge is 2.28. The third kappa shape index (κ3) is 3.09. The van der Waals surface area contributed by atoms with Crippen LogP contribution in [0.25, 0.3) is 0 Å². The Balaban J connectivity index is 2.33. The molecule has 0 unspecified atom stereocenters. The molecule has 0 atom stereocenters. The first-order valence-corrected chi connectivity index (χ1v) is 5.93. The van der Waals surface area contributed by atoms with Crippen molar-refractivity contribution in [3.63, 3.8) is 0 Å². The lowest BCUT2D eigenvalue weighted by Crippen LogP contribution is -2.48. The molecule has 1 aromatic heterocycles. The van der Waals surface area contributed by atoms with Gasteiger partial charge in [0.05, 0.1) is 29.3 Å². The second-order valence-electron chi connectivity index (χ2n) is 5.00. The fourth-order valence-electron chi connectivity index (χ4n) is 2.06. The van der Waals surface area contributed by atoms with Crippen molar-refractivity contribution < 1.29 is 9.66 Å². The molecule has 2 rings (SSSR count). The lowest BCUT2D eigenvalue weighted by molar-refractivity contribution is -0.384. The number of nitrogen functional groups attached to an aromatic ring is 1. The molecule has 1 fully saturated rings. The van der Waals surface area contributed by atoms with Gasteiger partial charge in [0.25, 0.3) is 5.69 Å². The summed E-state index contributed by atoms with van der Waals surface area (Å²) in [6, 6.07) is 2.75. The molecule has 0 radical (unpaired) electrons. The smallest absolute Gasteiger partial charge is 0.276 e. The highest BCUT2D eigenvalue weighted by Crippen LogP contribution is 2.26. The molecule has 0 amide bonds. The molecule has 8 nitrogen and oxygen atoms in total. The number of pyridine rings is 1. The Morgan fingerprint density at radius 2 is 2.32 bits per heavy atom. The number of anilines is 2. The molecule has 0 aromatic carbocycles. The van der Waals surface area contributed by atoms with Crippen LogP contribution in [0.4, 0.5) is 17.3 Å². The highest BCUT2D eigenvalue weighted by molar-refractivity contribution is 5.55. The Bertz CT molecular complexity index is 491. The van der Waals surface area contributed by atoms with Gasteiger partial charge in [0.2, 0.25) is 0 Å². The molecule has 1 aliphatic rings. The first-order valence-electron chi connectivity index (χ1n) is 5.93. The fourth-order valence-corrected chi connectivity index (χ4v) is 2.06. The van der Waals surface area contributed by atoms with Crippen molar-refractivity contribution in [2.45, 2.75) is 19.4 Å². The van der Waals surface area contributed by atoms with Crippen molar-refractivity contribution >= 4 is 17.3 Å². The van der Waals surface area contributed by atoms with Crippen LogP contribution in [-0.4, -0.2) is 35.2 Å². The number of hydrogen-bond donors (Lipinski definition) is 2. The van der Waals surface area contributed by atoms with Crippen molar-refractivity contribution in [3.05, 3.63) is 22.2 Å². The Labute approximate surface area is 110 Å². The minimum absolute atomic E-state index is 0.0396. The predicted molar refractivity (Wildman–Crippen MR) is 70.9 cm³/mol. The van der Waals surface area contributed by atoms with Crippen LogP contribution in [0.2, 0.25) is 0 Å². The average Bonchev–Trinajstić information content (AvgIpc) is 2.37. The first kappa shape index (κ1) is 13.5. The highest BCUT2D eigenvalue weighted by atomic mass is 16.6. The summed E-state index contributed by atoms with van der Waals surface area (Å²) in [6.07, 6.45) is 0. The van der Waals surface area contributed by atoms with Crippen molar-refractivity contribution in [2.75, 3.05) is 30.0 Å². The topological polar surface area (TPSA) is 107 Å². The van der Waals surface area contributed by atoms with Crippen LogP contribution >= 0.6 is 0 Å². The molecule has 19 heavy (non-hydrogen) atoms. The number of ether oxygens (including phenoxy) is 1. The van der Waals surface area contributed by atoms with E-state index in [0.717, 1.165) is 0 Å². The Morgan fingerprint density at radius 1 is 1.58 bits per heavy atom. The molecule has 0 saturated carbocycles. The normalized spacial score (nSPS) is 18.2. The van der Waals surface area contributed by atoms with Crippen LogP contribution in [0.5, 0.6) is 0 Å². The van der Waals surface area contributed by atoms with Crippen LogP contribution in [0.15, 0.2) is 12.1 Å². The van der Waals surface area contributed by atoms with E-state index in [2.05, 4.69) is 10.4 Å². The number of nitro groups is 1. The summed E-state index contributed by atoms with van der Waals surface area (Å²) >= 11 is 0. The van der Waals surface area contributed by atoms with E-state index in [1.165, 1.54) is 12.1 Å². The second kappa shape index (κ2) is 4.98. The van der Waals surface area contributed by atoms with Gasteiger partial charge in [-0.05, 0) is 13.8 Å². The number of nitrogens with zero attached hydrogens (tertiary/aromatic N) is 3. The Morgan fingerprint density at radius 3 is 2.89 bits per heavy atom. The SMILES string of the molecule is CC1(C)CN(c2cc([N+](=O)[O-])cc(NN)n2)CCO1. The maximum atomic E-state index is 10.9. The molecule has 0 spiro atoms. The van der Waals surface area contributed by atoms with Crippen molar-refractivity contribution in [2.24, 2.45) is 5.84 Å². The minimum Gasteiger partial charge on any atom is -0.372 e. The molecule has 1 saturated heterocycles.